The molecule has 2 rings (SSSR count). The zero-order chi connectivity index (χ0) is 15.1. The van der Waals surface area contributed by atoms with Gasteiger partial charge in [-0.3, -0.25) is 4.90 Å². The van der Waals surface area contributed by atoms with Crippen molar-refractivity contribution in [3.63, 3.8) is 0 Å². The fourth-order valence-electron chi connectivity index (χ4n) is 2.33. The van der Waals surface area contributed by atoms with Crippen LogP contribution in [0.25, 0.3) is 0 Å². The van der Waals surface area contributed by atoms with E-state index in [1.165, 1.54) is 16.6 Å². The van der Waals surface area contributed by atoms with Gasteiger partial charge in [0.15, 0.2) is 0 Å². The first-order chi connectivity index (χ1) is 9.23. The van der Waals surface area contributed by atoms with Crippen LogP contribution in [0.5, 0.6) is 0 Å². The molecule has 1 aromatic heterocycles. The zero-order valence-corrected chi connectivity index (χ0v) is 14.1. The predicted octanol–water partition coefficient (Wildman–Crippen LogP) is 1.14. The number of nitrogens with zero attached hydrogens (tertiary/aromatic N) is 3. The summed E-state index contributed by atoms with van der Waals surface area (Å²) in [5.41, 5.74) is 5.73. The molecule has 2 unspecified atom stereocenters. The first kappa shape index (κ1) is 15.7. The van der Waals surface area contributed by atoms with Crippen molar-refractivity contribution in [2.75, 3.05) is 25.9 Å². The van der Waals surface area contributed by atoms with Crippen LogP contribution in [-0.4, -0.2) is 54.8 Å². The minimum absolute atomic E-state index is 0.0347. The van der Waals surface area contributed by atoms with Crippen LogP contribution < -0.4 is 5.73 Å². The van der Waals surface area contributed by atoms with Gasteiger partial charge in [0.1, 0.15) is 10.7 Å². The van der Waals surface area contributed by atoms with Gasteiger partial charge in [-0.15, -0.1) is 0 Å². The van der Waals surface area contributed by atoms with E-state index in [-0.39, 0.29) is 22.8 Å². The lowest BCUT2D eigenvalue weighted by atomic mass is 10.1. The van der Waals surface area contributed by atoms with Crippen LogP contribution in [0.4, 0.5) is 5.82 Å². The maximum atomic E-state index is 12.7. The molecule has 1 aliphatic heterocycles. The molecule has 1 saturated heterocycles. The molecule has 1 fully saturated rings. The van der Waals surface area contributed by atoms with Crippen molar-refractivity contribution in [2.45, 2.75) is 30.8 Å². The van der Waals surface area contributed by atoms with E-state index in [1.54, 1.807) is 0 Å². The Morgan fingerprint density at radius 1 is 1.35 bits per heavy atom. The summed E-state index contributed by atoms with van der Waals surface area (Å²) >= 11 is 3.24. The summed E-state index contributed by atoms with van der Waals surface area (Å²) < 4.78 is 27.5. The molecule has 0 spiro atoms. The first-order valence-electron chi connectivity index (χ1n) is 6.36. The topological polar surface area (TPSA) is 79.5 Å². The molecule has 20 heavy (non-hydrogen) atoms. The molecule has 0 amide bonds. The molecule has 0 radical (unpaired) electrons. The normalized spacial score (nSPS) is 25.8. The average Bonchev–Trinajstić information content (AvgIpc) is 2.38. The van der Waals surface area contributed by atoms with Gasteiger partial charge in [-0.05, 0) is 42.9 Å². The van der Waals surface area contributed by atoms with E-state index < -0.39 is 10.0 Å². The van der Waals surface area contributed by atoms with Crippen LogP contribution in [0.2, 0.25) is 0 Å². The molecule has 2 heterocycles. The number of sulfonamides is 1. The minimum atomic E-state index is -3.62. The Kier molecular flexibility index (Phi) is 4.38. The van der Waals surface area contributed by atoms with Gasteiger partial charge in [-0.1, -0.05) is 0 Å². The third-order valence-corrected chi connectivity index (χ3v) is 6.09. The quantitative estimate of drug-likeness (QED) is 0.853. The van der Waals surface area contributed by atoms with E-state index in [1.807, 2.05) is 20.9 Å². The number of piperazine rings is 1. The maximum Gasteiger partial charge on any atom is 0.246 e. The summed E-state index contributed by atoms with van der Waals surface area (Å²) in [5, 5.41) is 0. The predicted molar refractivity (Wildman–Crippen MR) is 81.8 cm³/mol. The number of hydrogen-bond acceptors (Lipinski definition) is 5. The Morgan fingerprint density at radius 3 is 2.45 bits per heavy atom. The van der Waals surface area contributed by atoms with Crippen LogP contribution in [0.1, 0.15) is 13.8 Å². The van der Waals surface area contributed by atoms with Crippen molar-refractivity contribution in [1.82, 2.24) is 14.2 Å². The molecule has 1 aliphatic rings. The lowest BCUT2D eigenvalue weighted by Gasteiger charge is -2.41. The number of nitrogen functional groups attached to an aromatic ring is 1. The largest absolute Gasteiger partial charge is 0.383 e. The van der Waals surface area contributed by atoms with Crippen LogP contribution in [0, 0.1) is 0 Å². The van der Waals surface area contributed by atoms with Crippen LogP contribution in [0.15, 0.2) is 21.6 Å². The Morgan fingerprint density at radius 2 is 1.90 bits per heavy atom. The highest BCUT2D eigenvalue weighted by atomic mass is 79.9. The molecule has 0 aromatic carbocycles. The van der Waals surface area contributed by atoms with Gasteiger partial charge in [-0.2, -0.15) is 4.31 Å². The summed E-state index contributed by atoms with van der Waals surface area (Å²) in [6.45, 7) is 4.94. The van der Waals surface area contributed by atoms with E-state index in [0.717, 1.165) is 0 Å². The van der Waals surface area contributed by atoms with Gasteiger partial charge >= 0.3 is 0 Å². The van der Waals surface area contributed by atoms with Gasteiger partial charge in [0.2, 0.25) is 10.0 Å². The summed E-state index contributed by atoms with van der Waals surface area (Å²) in [6, 6.07) is 1.83. The third kappa shape index (κ3) is 2.83. The summed E-state index contributed by atoms with van der Waals surface area (Å²) in [6.07, 6.45) is 1.49. The van der Waals surface area contributed by atoms with Gasteiger partial charge in [-0.25, -0.2) is 13.4 Å². The van der Waals surface area contributed by atoms with Crippen molar-refractivity contribution in [3.8, 4) is 0 Å². The van der Waals surface area contributed by atoms with Gasteiger partial charge in [0.05, 0.1) is 0 Å². The minimum Gasteiger partial charge on any atom is -0.383 e. The van der Waals surface area contributed by atoms with E-state index in [2.05, 4.69) is 25.8 Å². The molecule has 0 saturated carbocycles. The van der Waals surface area contributed by atoms with Crippen molar-refractivity contribution in [1.29, 1.82) is 0 Å². The number of rotatable bonds is 2. The third-order valence-electron chi connectivity index (χ3n) is 3.79. The SMILES string of the molecule is CC1CN(S(=O)(=O)c2cc(Br)cnc2N)CC(C)N1C. The summed E-state index contributed by atoms with van der Waals surface area (Å²) in [4.78, 5) is 6.15. The maximum absolute atomic E-state index is 12.7. The fourth-order valence-corrected chi connectivity index (χ4v) is 4.51. The number of hydrogen-bond donors (Lipinski definition) is 1. The van der Waals surface area contributed by atoms with E-state index >= 15 is 0 Å². The smallest absolute Gasteiger partial charge is 0.246 e. The second-order valence-electron chi connectivity index (χ2n) is 5.22. The number of likely N-dealkylation sites (N-methyl/N-ethyl adjacent to an activating group) is 1. The number of anilines is 1. The molecule has 2 atom stereocenters. The first-order valence-corrected chi connectivity index (χ1v) is 8.60. The average molecular weight is 363 g/mol. The molecular weight excluding hydrogens is 344 g/mol. The number of nitrogens with two attached hydrogens (primary N) is 1. The van der Waals surface area contributed by atoms with Crippen molar-refractivity contribution in [2.24, 2.45) is 0 Å². The zero-order valence-electron chi connectivity index (χ0n) is 11.7. The van der Waals surface area contributed by atoms with Crippen LogP contribution >= 0.6 is 15.9 Å². The standard InChI is InChI=1S/C12H19BrN4O2S/c1-8-6-17(7-9(2)16(8)3)20(18,19)11-4-10(13)5-15-12(11)14/h4-5,8-9H,6-7H2,1-3H3,(H2,14,15). The van der Waals surface area contributed by atoms with Gasteiger partial charge in [0.25, 0.3) is 0 Å². The highest BCUT2D eigenvalue weighted by molar-refractivity contribution is 9.10. The molecule has 2 N–H and O–H groups in total. The summed E-state index contributed by atoms with van der Waals surface area (Å²) in [5.74, 6) is 0.0347. The lowest BCUT2D eigenvalue weighted by Crippen LogP contribution is -2.56. The van der Waals surface area contributed by atoms with Crippen molar-refractivity contribution in [3.05, 3.63) is 16.7 Å². The van der Waals surface area contributed by atoms with Gasteiger partial charge in [0, 0.05) is 35.8 Å². The molecule has 8 heteroatoms. The Labute approximate surface area is 128 Å². The number of halogens is 1. The van der Waals surface area contributed by atoms with E-state index in [4.69, 9.17) is 5.73 Å². The molecule has 6 nitrogen and oxygen atoms in total. The second kappa shape index (κ2) is 5.59. The Balaban J connectivity index is 2.38. The molecular formula is C12H19BrN4O2S. The van der Waals surface area contributed by atoms with E-state index in [9.17, 15) is 8.42 Å². The fraction of sp³-hybridized carbons (Fsp3) is 0.583. The highest BCUT2D eigenvalue weighted by Gasteiger charge is 2.35. The Bertz CT molecular complexity index is 595. The van der Waals surface area contributed by atoms with Crippen molar-refractivity contribution < 1.29 is 8.42 Å². The number of pyridine rings is 1. The van der Waals surface area contributed by atoms with Crippen LogP contribution in [-0.2, 0) is 10.0 Å². The van der Waals surface area contributed by atoms with Crippen molar-refractivity contribution >= 4 is 31.8 Å². The lowest BCUT2D eigenvalue weighted by molar-refractivity contribution is 0.105. The Hall–Kier alpha value is -0.700. The van der Waals surface area contributed by atoms with Crippen LogP contribution in [0.3, 0.4) is 0 Å². The highest BCUT2D eigenvalue weighted by Crippen LogP contribution is 2.26. The molecule has 112 valence electrons. The molecule has 0 bridgehead atoms. The summed E-state index contributed by atoms with van der Waals surface area (Å²) in [7, 11) is -1.61. The monoisotopic (exact) mass is 362 g/mol. The van der Waals surface area contributed by atoms with E-state index in [0.29, 0.717) is 17.6 Å². The molecule has 1 aromatic rings. The molecule has 0 aliphatic carbocycles. The second-order valence-corrected chi connectivity index (χ2v) is 8.04. The number of aromatic nitrogens is 1. The van der Waals surface area contributed by atoms with Gasteiger partial charge < -0.3 is 5.73 Å².